The predicted molar refractivity (Wildman–Crippen MR) is 103 cm³/mol. The molecule has 152 valence electrons. The lowest BCUT2D eigenvalue weighted by molar-refractivity contribution is 0.107. The number of carbonyl (C=O) groups is 1. The Morgan fingerprint density at radius 3 is 3.00 bits per heavy atom. The lowest BCUT2D eigenvalue weighted by Crippen LogP contribution is -2.42. The van der Waals surface area contributed by atoms with Crippen molar-refractivity contribution in [3.63, 3.8) is 0 Å². The van der Waals surface area contributed by atoms with E-state index in [4.69, 9.17) is 14.6 Å². The number of hydrogen-bond acceptors (Lipinski definition) is 5. The quantitative estimate of drug-likeness (QED) is 0.722. The highest BCUT2D eigenvalue weighted by Crippen LogP contribution is 2.22. The summed E-state index contributed by atoms with van der Waals surface area (Å²) in [4.78, 5) is 16.7. The fourth-order valence-corrected chi connectivity index (χ4v) is 3.83. The lowest BCUT2D eigenvalue weighted by Gasteiger charge is -2.22. The Hall–Kier alpha value is -1.64. The van der Waals surface area contributed by atoms with Crippen molar-refractivity contribution in [3.05, 3.63) is 17.0 Å². The summed E-state index contributed by atoms with van der Waals surface area (Å²) >= 11 is 0. The molecule has 2 amide bonds. The monoisotopic (exact) mass is 379 g/mol. The van der Waals surface area contributed by atoms with Crippen molar-refractivity contribution in [2.75, 3.05) is 53.0 Å². The zero-order valence-corrected chi connectivity index (χ0v) is 16.7. The summed E-state index contributed by atoms with van der Waals surface area (Å²) in [6.45, 7) is 10.1. The van der Waals surface area contributed by atoms with Crippen LogP contribution in [0.3, 0.4) is 0 Å². The van der Waals surface area contributed by atoms with Crippen LogP contribution < -0.4 is 5.32 Å². The molecule has 0 aliphatic carbocycles. The molecule has 0 radical (unpaired) electrons. The molecule has 3 rings (SSSR count). The SMILES string of the molecule is CCn1nc(CN2CCCN(C(=O)NCCCOC)CC2)c2c1CCOC2. The van der Waals surface area contributed by atoms with Crippen molar-refractivity contribution in [2.45, 2.75) is 45.9 Å². The van der Waals surface area contributed by atoms with Gasteiger partial charge in [0.25, 0.3) is 0 Å². The highest BCUT2D eigenvalue weighted by molar-refractivity contribution is 5.74. The van der Waals surface area contributed by atoms with E-state index >= 15 is 0 Å². The maximum atomic E-state index is 12.3. The molecule has 27 heavy (non-hydrogen) atoms. The Morgan fingerprint density at radius 1 is 1.30 bits per heavy atom. The number of ether oxygens (including phenoxy) is 2. The van der Waals surface area contributed by atoms with Gasteiger partial charge < -0.3 is 19.7 Å². The average molecular weight is 380 g/mol. The van der Waals surface area contributed by atoms with Crippen molar-refractivity contribution >= 4 is 6.03 Å². The van der Waals surface area contributed by atoms with Crippen LogP contribution in [0.4, 0.5) is 4.79 Å². The molecule has 1 fully saturated rings. The van der Waals surface area contributed by atoms with Crippen molar-refractivity contribution in [3.8, 4) is 0 Å². The molecular formula is C19H33N5O3. The number of aromatic nitrogens is 2. The van der Waals surface area contributed by atoms with E-state index < -0.39 is 0 Å². The van der Waals surface area contributed by atoms with Crippen LogP contribution in [-0.4, -0.2) is 78.7 Å². The molecule has 2 aliphatic rings. The number of amides is 2. The van der Waals surface area contributed by atoms with Crippen LogP contribution in [0.25, 0.3) is 0 Å². The number of urea groups is 1. The average Bonchev–Trinajstić information content (AvgIpc) is 2.87. The summed E-state index contributed by atoms with van der Waals surface area (Å²) < 4.78 is 12.8. The van der Waals surface area contributed by atoms with Crippen LogP contribution in [0, 0.1) is 0 Å². The number of methoxy groups -OCH3 is 1. The number of carbonyl (C=O) groups excluding carboxylic acids is 1. The molecule has 1 aromatic heterocycles. The third-order valence-corrected chi connectivity index (χ3v) is 5.33. The van der Waals surface area contributed by atoms with Crippen LogP contribution >= 0.6 is 0 Å². The Balaban J connectivity index is 1.53. The van der Waals surface area contributed by atoms with E-state index in [1.165, 1.54) is 11.3 Å². The zero-order chi connectivity index (χ0) is 19.1. The van der Waals surface area contributed by atoms with Gasteiger partial charge in [0.05, 0.1) is 18.9 Å². The summed E-state index contributed by atoms with van der Waals surface area (Å²) in [6, 6.07) is 0.0361. The van der Waals surface area contributed by atoms with Gasteiger partial charge >= 0.3 is 6.03 Å². The van der Waals surface area contributed by atoms with Crippen LogP contribution in [0.15, 0.2) is 0 Å². The van der Waals surface area contributed by atoms with Gasteiger partial charge in [0.2, 0.25) is 0 Å². The first-order chi connectivity index (χ1) is 13.2. The van der Waals surface area contributed by atoms with E-state index in [2.05, 4.69) is 21.8 Å². The molecule has 0 unspecified atom stereocenters. The molecule has 1 N–H and O–H groups in total. The minimum Gasteiger partial charge on any atom is -0.385 e. The third-order valence-electron chi connectivity index (χ3n) is 5.33. The van der Waals surface area contributed by atoms with Crippen molar-refractivity contribution < 1.29 is 14.3 Å². The Morgan fingerprint density at radius 2 is 2.19 bits per heavy atom. The third kappa shape index (κ3) is 5.21. The second-order valence-corrected chi connectivity index (χ2v) is 7.19. The van der Waals surface area contributed by atoms with Gasteiger partial charge in [0, 0.05) is 77.2 Å². The summed E-state index contributed by atoms with van der Waals surface area (Å²) in [6.07, 6.45) is 2.78. The highest BCUT2D eigenvalue weighted by Gasteiger charge is 2.24. The molecule has 1 aromatic rings. The summed E-state index contributed by atoms with van der Waals surface area (Å²) in [5.74, 6) is 0. The zero-order valence-electron chi connectivity index (χ0n) is 16.7. The van der Waals surface area contributed by atoms with Crippen molar-refractivity contribution in [1.82, 2.24) is 24.9 Å². The van der Waals surface area contributed by atoms with Gasteiger partial charge in [0.1, 0.15) is 0 Å². The van der Waals surface area contributed by atoms with Crippen molar-refractivity contribution in [2.24, 2.45) is 0 Å². The Bertz CT molecular complexity index is 619. The fraction of sp³-hybridized carbons (Fsp3) is 0.789. The minimum absolute atomic E-state index is 0.0361. The maximum Gasteiger partial charge on any atom is 0.317 e. The molecule has 0 saturated carbocycles. The van der Waals surface area contributed by atoms with Gasteiger partial charge in [-0.1, -0.05) is 0 Å². The summed E-state index contributed by atoms with van der Waals surface area (Å²) in [5.41, 5.74) is 3.76. The smallest absolute Gasteiger partial charge is 0.317 e. The van der Waals surface area contributed by atoms with Crippen LogP contribution in [0.2, 0.25) is 0 Å². The lowest BCUT2D eigenvalue weighted by atomic mass is 10.1. The summed E-state index contributed by atoms with van der Waals surface area (Å²) in [7, 11) is 1.68. The van der Waals surface area contributed by atoms with Gasteiger partial charge in [-0.2, -0.15) is 5.10 Å². The number of rotatable bonds is 7. The van der Waals surface area contributed by atoms with Crippen LogP contribution in [0.5, 0.6) is 0 Å². The molecule has 0 bridgehead atoms. The van der Waals surface area contributed by atoms with Gasteiger partial charge in [-0.15, -0.1) is 0 Å². The first-order valence-electron chi connectivity index (χ1n) is 10.1. The molecule has 0 atom stereocenters. The molecule has 3 heterocycles. The van der Waals surface area contributed by atoms with E-state index in [0.29, 0.717) is 19.8 Å². The van der Waals surface area contributed by atoms with Crippen molar-refractivity contribution in [1.29, 1.82) is 0 Å². The molecular weight excluding hydrogens is 346 g/mol. The molecule has 8 heteroatoms. The van der Waals surface area contributed by atoms with E-state index in [-0.39, 0.29) is 6.03 Å². The molecule has 0 aromatic carbocycles. The fourth-order valence-electron chi connectivity index (χ4n) is 3.83. The first kappa shape index (κ1) is 20.1. The van der Waals surface area contributed by atoms with Gasteiger partial charge in [-0.05, 0) is 19.8 Å². The van der Waals surface area contributed by atoms with Gasteiger partial charge in [0.15, 0.2) is 0 Å². The number of nitrogens with zero attached hydrogens (tertiary/aromatic N) is 4. The predicted octanol–water partition coefficient (Wildman–Crippen LogP) is 1.23. The van der Waals surface area contributed by atoms with E-state index in [0.717, 1.165) is 70.8 Å². The molecule has 8 nitrogen and oxygen atoms in total. The molecule has 2 aliphatic heterocycles. The number of nitrogens with one attached hydrogen (secondary N) is 1. The number of hydrogen-bond donors (Lipinski definition) is 1. The van der Waals surface area contributed by atoms with Gasteiger partial charge in [-0.3, -0.25) is 9.58 Å². The van der Waals surface area contributed by atoms with Crippen LogP contribution in [0.1, 0.15) is 36.7 Å². The largest absolute Gasteiger partial charge is 0.385 e. The molecule has 1 saturated heterocycles. The maximum absolute atomic E-state index is 12.3. The van der Waals surface area contributed by atoms with E-state index in [9.17, 15) is 4.79 Å². The highest BCUT2D eigenvalue weighted by atomic mass is 16.5. The summed E-state index contributed by atoms with van der Waals surface area (Å²) in [5, 5.41) is 7.83. The molecule has 0 spiro atoms. The normalized spacial score (nSPS) is 18.2. The second kappa shape index (κ2) is 10.1. The van der Waals surface area contributed by atoms with Gasteiger partial charge in [-0.25, -0.2) is 4.79 Å². The number of aryl methyl sites for hydroxylation is 1. The van der Waals surface area contributed by atoms with E-state index in [1.54, 1.807) is 7.11 Å². The first-order valence-corrected chi connectivity index (χ1v) is 10.1. The Labute approximate surface area is 161 Å². The second-order valence-electron chi connectivity index (χ2n) is 7.19. The standard InChI is InChI=1S/C19H33N5O3/c1-3-24-18-6-13-27-15-16(18)17(21-24)14-22-8-5-9-23(11-10-22)19(25)20-7-4-12-26-2/h3-15H2,1-2H3,(H,20,25). The van der Waals surface area contributed by atoms with E-state index in [1.807, 2.05) is 4.90 Å². The minimum atomic E-state index is 0.0361. The Kier molecular flexibility index (Phi) is 7.49. The number of fused-ring (bicyclic) bond motifs is 1. The van der Waals surface area contributed by atoms with Crippen LogP contribution in [-0.2, 0) is 35.6 Å². The topological polar surface area (TPSA) is 71.9 Å².